The predicted octanol–water partition coefficient (Wildman–Crippen LogP) is 4.98. The van der Waals surface area contributed by atoms with Gasteiger partial charge in [-0.15, -0.1) is 0 Å². The van der Waals surface area contributed by atoms with Crippen LogP contribution >= 0.6 is 0 Å². The van der Waals surface area contributed by atoms with E-state index in [0.717, 1.165) is 18.8 Å². The second kappa shape index (κ2) is 6.96. The molecule has 6 heteroatoms. The Morgan fingerprint density at radius 2 is 1.79 bits per heavy atom. The second-order valence-electron chi connectivity index (χ2n) is 13.3. The van der Waals surface area contributed by atoms with Gasteiger partial charge < -0.3 is 18.9 Å². The third kappa shape index (κ3) is 2.92. The topological polar surface area (TPSA) is 71.1 Å². The largest absolute Gasteiger partial charge is 0.459 e. The number of carbonyl (C=O) groups is 2. The number of ether oxygens (including phenoxy) is 4. The van der Waals surface area contributed by atoms with Gasteiger partial charge in [0.25, 0.3) is 0 Å². The SMILES string of the molecule is CC(=O)O[C@@H]1C[C@@H]2[C@H](CC[C@H]3[C@@]2(C)CC[C@@H]2C(C)(C)CCC[C@]32C)[C@H]2O[C@@H]3OC(=O)C[C@]31O2. The molecule has 6 fully saturated rings. The third-order valence-electron chi connectivity index (χ3n) is 11.3. The second-order valence-corrected chi connectivity index (χ2v) is 13.3. The standard InChI is InChI=1S/C27H40O6/c1-15(28)30-20-13-17-16(22-32-23-27(20,33-22)14-21(29)31-23)7-8-19-25(17,4)12-9-18-24(2,3)10-6-11-26(18,19)5/h16-20,22-23H,6-14H2,1-5H3/t16-,17+,18+,19-,20+,22-,23-,25-,26-,27+/m0/s1. The highest BCUT2D eigenvalue weighted by molar-refractivity contribution is 5.74. The molecule has 6 aliphatic rings. The van der Waals surface area contributed by atoms with Crippen molar-refractivity contribution in [1.29, 1.82) is 0 Å². The summed E-state index contributed by atoms with van der Waals surface area (Å²) in [5.74, 6) is 1.32. The summed E-state index contributed by atoms with van der Waals surface area (Å²) in [5, 5.41) is 0. The molecule has 1 spiro atoms. The number of rotatable bonds is 1. The molecule has 3 aliphatic carbocycles. The highest BCUT2D eigenvalue weighted by Crippen LogP contribution is 2.71. The van der Waals surface area contributed by atoms with E-state index >= 15 is 0 Å². The molecule has 0 N–H and O–H groups in total. The summed E-state index contributed by atoms with van der Waals surface area (Å²) in [6.45, 7) is 11.5. The van der Waals surface area contributed by atoms with Gasteiger partial charge in [-0.2, -0.15) is 0 Å². The zero-order chi connectivity index (χ0) is 23.4. The Morgan fingerprint density at radius 1 is 1.00 bits per heavy atom. The Hall–Kier alpha value is -1.14. The molecule has 10 atom stereocenters. The third-order valence-corrected chi connectivity index (χ3v) is 11.3. The zero-order valence-electron chi connectivity index (χ0n) is 20.9. The first-order valence-corrected chi connectivity index (χ1v) is 13.2. The minimum atomic E-state index is -0.995. The first-order valence-electron chi connectivity index (χ1n) is 13.2. The van der Waals surface area contributed by atoms with Crippen LogP contribution in [-0.4, -0.2) is 36.2 Å². The fourth-order valence-corrected chi connectivity index (χ4v) is 10.1. The van der Waals surface area contributed by atoms with E-state index in [1.807, 2.05) is 0 Å². The lowest BCUT2D eigenvalue weighted by Gasteiger charge is -2.67. The molecule has 0 unspecified atom stereocenters. The van der Waals surface area contributed by atoms with Gasteiger partial charge in [0.05, 0.1) is 6.42 Å². The molecular weight excluding hydrogens is 420 g/mol. The van der Waals surface area contributed by atoms with E-state index < -0.39 is 18.0 Å². The molecule has 33 heavy (non-hydrogen) atoms. The van der Waals surface area contributed by atoms with E-state index in [1.165, 1.54) is 45.4 Å². The molecule has 3 aliphatic heterocycles. The van der Waals surface area contributed by atoms with Crippen molar-refractivity contribution in [3.63, 3.8) is 0 Å². The Morgan fingerprint density at radius 3 is 2.55 bits per heavy atom. The maximum Gasteiger partial charge on any atom is 0.311 e. The van der Waals surface area contributed by atoms with Gasteiger partial charge in [0.2, 0.25) is 6.29 Å². The van der Waals surface area contributed by atoms with E-state index in [2.05, 4.69) is 27.7 Å². The van der Waals surface area contributed by atoms with Gasteiger partial charge in [-0.3, -0.25) is 9.59 Å². The molecule has 3 saturated carbocycles. The first-order chi connectivity index (χ1) is 15.5. The van der Waals surface area contributed by atoms with Crippen LogP contribution in [0.3, 0.4) is 0 Å². The summed E-state index contributed by atoms with van der Waals surface area (Å²) in [7, 11) is 0. The molecule has 0 amide bonds. The fraction of sp³-hybridized carbons (Fsp3) is 0.926. The monoisotopic (exact) mass is 460 g/mol. The summed E-state index contributed by atoms with van der Waals surface area (Å²) >= 11 is 0. The van der Waals surface area contributed by atoms with E-state index in [4.69, 9.17) is 18.9 Å². The number of hydrogen-bond donors (Lipinski definition) is 0. The van der Waals surface area contributed by atoms with Crippen molar-refractivity contribution in [2.75, 3.05) is 0 Å². The Kier molecular flexibility index (Phi) is 4.71. The lowest BCUT2D eigenvalue weighted by molar-refractivity contribution is -0.222. The van der Waals surface area contributed by atoms with Crippen LogP contribution in [0.4, 0.5) is 0 Å². The molecule has 6 rings (SSSR count). The molecule has 2 bridgehead atoms. The van der Waals surface area contributed by atoms with Crippen LogP contribution in [0.2, 0.25) is 0 Å². The average Bonchev–Trinajstić information content (AvgIpc) is 3.15. The summed E-state index contributed by atoms with van der Waals surface area (Å²) in [4.78, 5) is 24.4. The van der Waals surface area contributed by atoms with Crippen molar-refractivity contribution in [3.8, 4) is 0 Å². The quantitative estimate of drug-likeness (QED) is 0.514. The van der Waals surface area contributed by atoms with Gasteiger partial charge in [-0.1, -0.05) is 34.1 Å². The molecule has 0 aromatic heterocycles. The first kappa shape index (κ1) is 22.3. The molecule has 0 aromatic rings. The maximum absolute atomic E-state index is 12.2. The number of carbonyl (C=O) groups excluding carboxylic acids is 2. The van der Waals surface area contributed by atoms with Crippen LogP contribution in [-0.2, 0) is 28.5 Å². The van der Waals surface area contributed by atoms with Gasteiger partial charge in [0, 0.05) is 12.8 Å². The van der Waals surface area contributed by atoms with Crippen LogP contribution in [0.5, 0.6) is 0 Å². The van der Waals surface area contributed by atoms with Gasteiger partial charge in [-0.05, 0) is 78.9 Å². The highest BCUT2D eigenvalue weighted by atomic mass is 16.8. The van der Waals surface area contributed by atoms with Crippen LogP contribution < -0.4 is 0 Å². The van der Waals surface area contributed by atoms with E-state index in [-0.39, 0.29) is 36.0 Å². The molecule has 0 aromatic carbocycles. The Bertz CT molecular complexity index is 869. The Labute approximate surface area is 197 Å². The van der Waals surface area contributed by atoms with Crippen LogP contribution in [0.1, 0.15) is 92.4 Å². The number of hydrogen-bond acceptors (Lipinski definition) is 6. The normalized spacial score (nSPS) is 54.2. The van der Waals surface area contributed by atoms with Crippen molar-refractivity contribution < 1.29 is 28.5 Å². The molecule has 184 valence electrons. The molecule has 0 radical (unpaired) electrons. The highest BCUT2D eigenvalue weighted by Gasteiger charge is 2.71. The molecular formula is C27H40O6. The van der Waals surface area contributed by atoms with Gasteiger partial charge >= 0.3 is 11.9 Å². The van der Waals surface area contributed by atoms with Gasteiger partial charge in [0.1, 0.15) is 6.10 Å². The van der Waals surface area contributed by atoms with Crippen LogP contribution in [0.15, 0.2) is 0 Å². The van der Waals surface area contributed by atoms with Gasteiger partial charge in [0.15, 0.2) is 11.9 Å². The molecule has 3 saturated heterocycles. The summed E-state index contributed by atoms with van der Waals surface area (Å²) in [6, 6.07) is 0. The average molecular weight is 461 g/mol. The minimum Gasteiger partial charge on any atom is -0.459 e. The molecule has 6 nitrogen and oxygen atoms in total. The Balaban J connectivity index is 1.39. The number of fused-ring (bicyclic) bond motifs is 7. The summed E-state index contributed by atoms with van der Waals surface area (Å²) in [5.41, 5.74) is -0.109. The molecule has 3 heterocycles. The van der Waals surface area contributed by atoms with Crippen LogP contribution in [0, 0.1) is 39.9 Å². The van der Waals surface area contributed by atoms with Crippen LogP contribution in [0.25, 0.3) is 0 Å². The van der Waals surface area contributed by atoms with Gasteiger partial charge in [-0.25, -0.2) is 0 Å². The zero-order valence-corrected chi connectivity index (χ0v) is 20.9. The summed E-state index contributed by atoms with van der Waals surface area (Å²) < 4.78 is 24.2. The minimum absolute atomic E-state index is 0.0969. The van der Waals surface area contributed by atoms with Crippen molar-refractivity contribution in [1.82, 2.24) is 0 Å². The maximum atomic E-state index is 12.2. The smallest absolute Gasteiger partial charge is 0.311 e. The van der Waals surface area contributed by atoms with E-state index in [0.29, 0.717) is 22.7 Å². The van der Waals surface area contributed by atoms with Crippen molar-refractivity contribution >= 4 is 11.9 Å². The van der Waals surface area contributed by atoms with Crippen molar-refractivity contribution in [3.05, 3.63) is 0 Å². The lowest BCUT2D eigenvalue weighted by atomic mass is 9.38. The van der Waals surface area contributed by atoms with Crippen molar-refractivity contribution in [2.24, 2.45) is 39.9 Å². The van der Waals surface area contributed by atoms with E-state index in [9.17, 15) is 9.59 Å². The van der Waals surface area contributed by atoms with Crippen molar-refractivity contribution in [2.45, 2.75) is 117 Å². The fourth-order valence-electron chi connectivity index (χ4n) is 10.1. The van der Waals surface area contributed by atoms with E-state index in [1.54, 1.807) is 0 Å². The number of esters is 2. The predicted molar refractivity (Wildman–Crippen MR) is 120 cm³/mol. The lowest BCUT2D eigenvalue weighted by Crippen LogP contribution is -2.60. The summed E-state index contributed by atoms with van der Waals surface area (Å²) in [6.07, 6.45) is 7.84.